The lowest BCUT2D eigenvalue weighted by Gasteiger charge is -2.19. The van der Waals surface area contributed by atoms with Crippen molar-refractivity contribution in [3.63, 3.8) is 0 Å². The van der Waals surface area contributed by atoms with Crippen molar-refractivity contribution in [1.82, 2.24) is 15.5 Å². The molecule has 0 spiro atoms. The average Bonchev–Trinajstić information content (AvgIpc) is 2.64. The number of allylic oxidation sites excluding steroid dienone is 1. The summed E-state index contributed by atoms with van der Waals surface area (Å²) in [5.74, 6) is 1.28. The maximum Gasteiger partial charge on any atom is 0.100 e. The van der Waals surface area contributed by atoms with Crippen LogP contribution in [0.25, 0.3) is 0 Å². The van der Waals surface area contributed by atoms with Gasteiger partial charge in [0.05, 0.1) is 6.67 Å². The van der Waals surface area contributed by atoms with Crippen LogP contribution < -0.4 is 10.6 Å². The smallest absolute Gasteiger partial charge is 0.100 e. The molecule has 1 atom stereocenters. The largest absolute Gasteiger partial charge is 0.376 e. The van der Waals surface area contributed by atoms with Crippen LogP contribution in [0.15, 0.2) is 12.3 Å². The lowest BCUT2D eigenvalue weighted by Crippen LogP contribution is -2.32. The van der Waals surface area contributed by atoms with E-state index < -0.39 is 0 Å². The lowest BCUT2D eigenvalue weighted by molar-refractivity contribution is -0.136. The van der Waals surface area contributed by atoms with Gasteiger partial charge in [-0.3, -0.25) is 5.32 Å². The molecule has 26 heavy (non-hydrogen) atoms. The van der Waals surface area contributed by atoms with Crippen molar-refractivity contribution < 1.29 is 9.47 Å². The van der Waals surface area contributed by atoms with Crippen LogP contribution in [-0.2, 0) is 4.94 Å². The first-order valence-corrected chi connectivity index (χ1v) is 10.5. The zero-order valence-electron chi connectivity index (χ0n) is 19.0. The van der Waals surface area contributed by atoms with Crippen molar-refractivity contribution in [3.8, 4) is 0 Å². The van der Waals surface area contributed by atoms with Gasteiger partial charge in [0.2, 0.25) is 0 Å². The number of nitrogens with zero attached hydrogens (tertiary/aromatic N) is 1. The summed E-state index contributed by atoms with van der Waals surface area (Å²) in [7, 11) is 0. The number of hydrogen-bond donors (Lipinski definition) is 2. The van der Waals surface area contributed by atoms with E-state index in [2.05, 4.69) is 68.6 Å². The number of hydrogen-bond acceptors (Lipinski definition) is 4. The van der Waals surface area contributed by atoms with Gasteiger partial charge in [-0.1, -0.05) is 62.0 Å². The molecule has 0 saturated carbocycles. The summed E-state index contributed by atoms with van der Waals surface area (Å²) in [6, 6.07) is 0. The van der Waals surface area contributed by atoms with Crippen LogP contribution in [0.3, 0.4) is 0 Å². The van der Waals surface area contributed by atoms with Gasteiger partial charge in [0.25, 0.3) is 0 Å². The summed E-state index contributed by atoms with van der Waals surface area (Å²) >= 11 is 0. The zero-order valence-corrected chi connectivity index (χ0v) is 19.0. The minimum Gasteiger partial charge on any atom is -0.376 e. The SMILES string of the molecule is C=C(NCNCC(C)C)C(C)CC.CC.CCCN(CCC)CCOF. The molecule has 2 N–H and O–H groups in total. The first-order valence-electron chi connectivity index (χ1n) is 10.5. The van der Waals surface area contributed by atoms with Gasteiger partial charge in [0, 0.05) is 12.2 Å². The zero-order chi connectivity index (χ0) is 20.8. The van der Waals surface area contributed by atoms with Crippen molar-refractivity contribution in [3.05, 3.63) is 12.3 Å². The third kappa shape index (κ3) is 23.4. The van der Waals surface area contributed by atoms with Gasteiger partial charge in [0.15, 0.2) is 0 Å². The predicted octanol–water partition coefficient (Wildman–Crippen LogP) is 5.37. The maximum atomic E-state index is 11.3. The number of halogens is 1. The van der Waals surface area contributed by atoms with Gasteiger partial charge in [0.1, 0.15) is 6.61 Å². The molecule has 0 aliphatic rings. The van der Waals surface area contributed by atoms with Crippen LogP contribution in [-0.4, -0.2) is 44.4 Å². The van der Waals surface area contributed by atoms with E-state index >= 15 is 0 Å². The highest BCUT2D eigenvalue weighted by Crippen LogP contribution is 2.07. The molecule has 0 aliphatic heterocycles. The molecule has 1 unspecified atom stereocenters. The number of nitrogens with one attached hydrogen (secondary N) is 2. The van der Waals surface area contributed by atoms with Crippen molar-refractivity contribution in [1.29, 1.82) is 0 Å². The van der Waals surface area contributed by atoms with Gasteiger partial charge in [-0.25, -0.2) is 0 Å². The molecule has 0 amide bonds. The van der Waals surface area contributed by atoms with Crippen LogP contribution >= 0.6 is 0 Å². The Balaban J connectivity index is -0.000000375. The van der Waals surface area contributed by atoms with E-state index in [4.69, 9.17) is 0 Å². The molecule has 0 fully saturated rings. The van der Waals surface area contributed by atoms with Crippen molar-refractivity contribution >= 4 is 0 Å². The van der Waals surface area contributed by atoms with E-state index in [9.17, 15) is 4.53 Å². The van der Waals surface area contributed by atoms with Crippen LogP contribution in [0, 0.1) is 11.8 Å². The third-order valence-corrected chi connectivity index (χ3v) is 3.76. The summed E-state index contributed by atoms with van der Waals surface area (Å²) in [4.78, 5) is 5.73. The summed E-state index contributed by atoms with van der Waals surface area (Å²) in [5, 5.41) is 6.61. The summed E-state index contributed by atoms with van der Waals surface area (Å²) < 4.78 is 11.3. The Kier molecular flexibility index (Phi) is 28.2. The quantitative estimate of drug-likeness (QED) is 0.315. The van der Waals surface area contributed by atoms with Gasteiger partial charge >= 0.3 is 0 Å². The fourth-order valence-electron chi connectivity index (χ4n) is 2.09. The molecular formula is C21H48FN3O. The lowest BCUT2D eigenvalue weighted by atomic mass is 10.1. The summed E-state index contributed by atoms with van der Waals surface area (Å²) in [6.45, 7) is 25.9. The first-order chi connectivity index (χ1) is 12.4. The molecule has 0 bridgehead atoms. The molecule has 0 aromatic carbocycles. The highest BCUT2D eigenvalue weighted by atomic mass is 19.3. The van der Waals surface area contributed by atoms with Gasteiger partial charge in [-0.2, -0.15) is 4.94 Å². The molecule has 0 aromatic rings. The van der Waals surface area contributed by atoms with Crippen LogP contribution in [0.5, 0.6) is 0 Å². The molecule has 0 aliphatic carbocycles. The Hall–Kier alpha value is -0.650. The molecule has 0 heterocycles. The van der Waals surface area contributed by atoms with E-state index in [-0.39, 0.29) is 6.61 Å². The highest BCUT2D eigenvalue weighted by molar-refractivity contribution is 4.95. The monoisotopic (exact) mass is 377 g/mol. The molecule has 0 rings (SSSR count). The Bertz CT molecular complexity index is 270. The molecule has 0 aromatic heterocycles. The second-order valence-corrected chi connectivity index (χ2v) is 6.69. The van der Waals surface area contributed by atoms with Gasteiger partial charge < -0.3 is 10.2 Å². The second-order valence-electron chi connectivity index (χ2n) is 6.69. The molecule has 4 nitrogen and oxygen atoms in total. The Labute approximate surface area is 163 Å². The summed E-state index contributed by atoms with van der Waals surface area (Å²) in [6.07, 6.45) is 3.38. The van der Waals surface area contributed by atoms with Crippen LogP contribution in [0.2, 0.25) is 0 Å². The van der Waals surface area contributed by atoms with Crippen molar-refractivity contribution in [2.75, 3.05) is 39.5 Å². The van der Waals surface area contributed by atoms with Crippen LogP contribution in [0.4, 0.5) is 4.53 Å². The molecule has 160 valence electrons. The number of rotatable bonds is 14. The highest BCUT2D eigenvalue weighted by Gasteiger charge is 2.02. The molecular weight excluding hydrogens is 329 g/mol. The fraction of sp³-hybridized carbons (Fsp3) is 0.905. The van der Waals surface area contributed by atoms with E-state index in [1.807, 2.05) is 13.8 Å². The van der Waals surface area contributed by atoms with E-state index in [1.54, 1.807) is 0 Å². The van der Waals surface area contributed by atoms with Crippen LogP contribution in [0.1, 0.15) is 74.7 Å². The Morgan fingerprint density at radius 3 is 1.96 bits per heavy atom. The average molecular weight is 378 g/mol. The first kappa shape index (κ1) is 30.1. The second kappa shape index (κ2) is 24.4. The molecule has 5 heteroatoms. The molecule has 0 saturated heterocycles. The standard InChI is InChI=1S/C11H24N2.C8H18FNO.C2H6/c1-6-10(4)11(5)13-8-12-7-9(2)3;1-3-5-10(6-4-2)7-8-11-9;1-2/h9-10,12-13H,5-8H2,1-4H3;3-8H2,1-2H3;1-2H3. The van der Waals surface area contributed by atoms with E-state index in [0.717, 1.165) is 51.3 Å². The summed E-state index contributed by atoms with van der Waals surface area (Å²) in [5.41, 5.74) is 1.14. The minimum atomic E-state index is 0.194. The van der Waals surface area contributed by atoms with E-state index in [0.29, 0.717) is 18.4 Å². The normalized spacial score (nSPS) is 11.3. The fourth-order valence-corrected chi connectivity index (χ4v) is 2.09. The topological polar surface area (TPSA) is 36.5 Å². The van der Waals surface area contributed by atoms with Crippen molar-refractivity contribution in [2.24, 2.45) is 11.8 Å². The maximum absolute atomic E-state index is 11.3. The Morgan fingerprint density at radius 2 is 1.58 bits per heavy atom. The van der Waals surface area contributed by atoms with E-state index in [1.165, 1.54) is 0 Å². The van der Waals surface area contributed by atoms with Gasteiger partial charge in [-0.15, -0.1) is 0 Å². The van der Waals surface area contributed by atoms with Gasteiger partial charge in [-0.05, 0) is 55.3 Å². The Morgan fingerprint density at radius 1 is 1.04 bits per heavy atom. The third-order valence-electron chi connectivity index (χ3n) is 3.76. The minimum absolute atomic E-state index is 0.194. The van der Waals surface area contributed by atoms with Crippen molar-refractivity contribution in [2.45, 2.75) is 74.7 Å². The predicted molar refractivity (Wildman–Crippen MR) is 115 cm³/mol. The molecule has 0 radical (unpaired) electrons.